The number of aromatic nitrogens is 1. The van der Waals surface area contributed by atoms with Crippen LogP contribution in [0.2, 0.25) is 0 Å². The van der Waals surface area contributed by atoms with Gasteiger partial charge >= 0.3 is 0 Å². The second-order valence-electron chi connectivity index (χ2n) is 6.43. The van der Waals surface area contributed by atoms with Crippen molar-refractivity contribution < 1.29 is 4.74 Å². The summed E-state index contributed by atoms with van der Waals surface area (Å²) in [6.07, 6.45) is 6.19. The Morgan fingerprint density at radius 2 is 1.78 bits per heavy atom. The van der Waals surface area contributed by atoms with Crippen LogP contribution in [0.15, 0.2) is 34.5 Å². The number of aryl methyl sites for hydroxylation is 1. The number of hydrogen-bond acceptors (Lipinski definition) is 5. The second-order valence-corrected chi connectivity index (χ2v) is 7.43. The van der Waals surface area contributed by atoms with Crippen LogP contribution in [0.5, 0.6) is 5.75 Å². The van der Waals surface area contributed by atoms with Gasteiger partial charge in [-0.1, -0.05) is 32.6 Å². The molecule has 0 atom stereocenters. The van der Waals surface area contributed by atoms with Gasteiger partial charge in [-0.25, -0.2) is 4.98 Å². The molecule has 4 N–H and O–H groups in total. The molecule has 0 fully saturated rings. The molecule has 0 radical (unpaired) electrons. The number of benzene rings is 1. The fourth-order valence-electron chi connectivity index (χ4n) is 2.62. The topological polar surface area (TPSA) is 98.9 Å². The van der Waals surface area contributed by atoms with Crippen molar-refractivity contribution in [2.45, 2.75) is 52.9 Å². The molecule has 0 saturated heterocycles. The zero-order valence-corrected chi connectivity index (χ0v) is 17.2. The highest BCUT2D eigenvalue weighted by molar-refractivity contribution is 7.17. The van der Waals surface area contributed by atoms with Gasteiger partial charge in [0.15, 0.2) is 0 Å². The van der Waals surface area contributed by atoms with E-state index in [1.165, 1.54) is 25.7 Å². The number of unbranched alkanes of at least 4 members (excludes halogenated alkanes) is 4. The SMILES string of the molecule is CCCCCCCOc1ccc(-c2nc(C)c(/C(C)=N/N=C(N)N)s2)cc1. The summed E-state index contributed by atoms with van der Waals surface area (Å²) >= 11 is 1.57. The van der Waals surface area contributed by atoms with Crippen molar-refractivity contribution in [2.75, 3.05) is 6.61 Å². The van der Waals surface area contributed by atoms with Crippen LogP contribution in [0.3, 0.4) is 0 Å². The lowest BCUT2D eigenvalue weighted by molar-refractivity contribution is 0.304. The molecule has 7 heteroatoms. The summed E-state index contributed by atoms with van der Waals surface area (Å²) in [5, 5.41) is 8.69. The molecule has 0 bridgehead atoms. The number of ether oxygens (including phenoxy) is 1. The second kappa shape index (κ2) is 10.7. The first-order valence-electron chi connectivity index (χ1n) is 9.35. The highest BCUT2D eigenvalue weighted by Crippen LogP contribution is 2.29. The molecular weight excluding hydrogens is 358 g/mol. The third-order valence-electron chi connectivity index (χ3n) is 4.06. The van der Waals surface area contributed by atoms with Crippen molar-refractivity contribution in [3.63, 3.8) is 0 Å². The van der Waals surface area contributed by atoms with Crippen molar-refractivity contribution in [3.8, 4) is 16.3 Å². The maximum Gasteiger partial charge on any atom is 0.211 e. The van der Waals surface area contributed by atoms with Crippen molar-refractivity contribution in [1.82, 2.24) is 4.98 Å². The van der Waals surface area contributed by atoms with Crippen LogP contribution in [-0.4, -0.2) is 23.3 Å². The minimum absolute atomic E-state index is 0.0577. The van der Waals surface area contributed by atoms with Crippen LogP contribution in [-0.2, 0) is 0 Å². The van der Waals surface area contributed by atoms with E-state index in [1.54, 1.807) is 11.3 Å². The number of guanidine groups is 1. The Bertz CT molecular complexity index is 776. The Kier molecular flexibility index (Phi) is 8.26. The van der Waals surface area contributed by atoms with Crippen LogP contribution in [0, 0.1) is 6.92 Å². The van der Waals surface area contributed by atoms with E-state index >= 15 is 0 Å². The predicted molar refractivity (Wildman–Crippen MR) is 115 cm³/mol. The van der Waals surface area contributed by atoms with E-state index in [0.29, 0.717) is 0 Å². The number of nitrogens with two attached hydrogens (primary N) is 2. The average Bonchev–Trinajstić information content (AvgIpc) is 3.05. The molecule has 0 spiro atoms. The summed E-state index contributed by atoms with van der Waals surface area (Å²) in [5.41, 5.74) is 13.4. The highest BCUT2D eigenvalue weighted by Gasteiger charge is 2.12. The van der Waals surface area contributed by atoms with Crippen molar-refractivity contribution in [2.24, 2.45) is 21.7 Å². The van der Waals surface area contributed by atoms with Gasteiger partial charge in [-0.3, -0.25) is 0 Å². The monoisotopic (exact) mass is 387 g/mol. The molecule has 0 amide bonds. The van der Waals surface area contributed by atoms with Gasteiger partial charge in [0.25, 0.3) is 0 Å². The Morgan fingerprint density at radius 3 is 2.44 bits per heavy atom. The minimum Gasteiger partial charge on any atom is -0.494 e. The normalized spacial score (nSPS) is 11.4. The summed E-state index contributed by atoms with van der Waals surface area (Å²) in [7, 11) is 0. The molecule has 1 heterocycles. The number of hydrogen-bond donors (Lipinski definition) is 2. The highest BCUT2D eigenvalue weighted by atomic mass is 32.1. The first kappa shape index (κ1) is 20.9. The number of nitrogens with zero attached hydrogens (tertiary/aromatic N) is 3. The Morgan fingerprint density at radius 1 is 1.07 bits per heavy atom. The molecule has 6 nitrogen and oxygen atoms in total. The van der Waals surface area contributed by atoms with Gasteiger partial charge in [0, 0.05) is 5.56 Å². The number of rotatable bonds is 10. The van der Waals surface area contributed by atoms with Gasteiger partial charge in [0.1, 0.15) is 10.8 Å². The molecule has 0 saturated carbocycles. The maximum atomic E-state index is 5.82. The Balaban J connectivity index is 1.98. The van der Waals surface area contributed by atoms with Gasteiger partial charge in [-0.15, -0.1) is 16.4 Å². The van der Waals surface area contributed by atoms with E-state index in [-0.39, 0.29) is 5.96 Å². The van der Waals surface area contributed by atoms with E-state index in [2.05, 4.69) is 22.1 Å². The lowest BCUT2D eigenvalue weighted by atomic mass is 10.2. The summed E-state index contributed by atoms with van der Waals surface area (Å²) < 4.78 is 5.82. The Hall–Kier alpha value is -2.41. The quantitative estimate of drug-likeness (QED) is 0.272. The van der Waals surface area contributed by atoms with E-state index in [9.17, 15) is 0 Å². The maximum absolute atomic E-state index is 5.82. The zero-order chi connectivity index (χ0) is 19.6. The largest absolute Gasteiger partial charge is 0.494 e. The van der Waals surface area contributed by atoms with Crippen LogP contribution in [0.4, 0.5) is 0 Å². The summed E-state index contributed by atoms with van der Waals surface area (Å²) in [4.78, 5) is 5.62. The molecule has 0 aliphatic rings. The van der Waals surface area contributed by atoms with Crippen LogP contribution >= 0.6 is 11.3 Å². The fraction of sp³-hybridized carbons (Fsp3) is 0.450. The molecule has 1 aromatic heterocycles. The predicted octanol–water partition coefficient (Wildman–Crippen LogP) is 4.47. The van der Waals surface area contributed by atoms with E-state index in [1.807, 2.05) is 38.1 Å². The molecule has 146 valence electrons. The zero-order valence-electron chi connectivity index (χ0n) is 16.4. The van der Waals surface area contributed by atoms with Gasteiger partial charge in [-0.2, -0.15) is 5.10 Å². The number of thiazole rings is 1. The van der Waals surface area contributed by atoms with Gasteiger partial charge in [0.2, 0.25) is 5.96 Å². The average molecular weight is 388 g/mol. The molecule has 2 aromatic rings. The third-order valence-corrected chi connectivity index (χ3v) is 5.37. The molecular formula is C20H29N5OS. The smallest absolute Gasteiger partial charge is 0.211 e. The fourth-order valence-corrected chi connectivity index (χ4v) is 3.63. The summed E-state index contributed by atoms with van der Waals surface area (Å²) in [6, 6.07) is 8.07. The minimum atomic E-state index is -0.0577. The van der Waals surface area contributed by atoms with E-state index in [0.717, 1.165) is 45.6 Å². The van der Waals surface area contributed by atoms with Crippen molar-refractivity contribution in [3.05, 3.63) is 34.8 Å². The van der Waals surface area contributed by atoms with Gasteiger partial charge in [-0.05, 0) is 44.5 Å². The van der Waals surface area contributed by atoms with Crippen LogP contribution < -0.4 is 16.2 Å². The van der Waals surface area contributed by atoms with E-state index in [4.69, 9.17) is 16.2 Å². The molecule has 1 aromatic carbocycles. The van der Waals surface area contributed by atoms with E-state index < -0.39 is 0 Å². The molecule has 2 rings (SSSR count). The molecule has 27 heavy (non-hydrogen) atoms. The molecule has 0 unspecified atom stereocenters. The lowest BCUT2D eigenvalue weighted by Crippen LogP contribution is -2.22. The summed E-state index contributed by atoms with van der Waals surface area (Å²) in [6.45, 7) is 6.82. The van der Waals surface area contributed by atoms with Gasteiger partial charge in [0.05, 0.1) is 22.9 Å². The van der Waals surface area contributed by atoms with Gasteiger partial charge < -0.3 is 16.2 Å². The summed E-state index contributed by atoms with van der Waals surface area (Å²) in [5.74, 6) is 0.839. The van der Waals surface area contributed by atoms with Crippen molar-refractivity contribution >= 4 is 23.0 Å². The molecule has 0 aliphatic heterocycles. The third kappa shape index (κ3) is 6.67. The van der Waals surface area contributed by atoms with Crippen molar-refractivity contribution in [1.29, 1.82) is 0 Å². The Labute approximate surface area is 165 Å². The first-order valence-corrected chi connectivity index (χ1v) is 10.2. The van der Waals surface area contributed by atoms with Crippen LogP contribution in [0.25, 0.3) is 10.6 Å². The standard InChI is InChI=1S/C20H29N5OS/c1-4-5-6-7-8-13-26-17-11-9-16(10-12-17)19-23-14(2)18(27-19)15(3)24-25-20(21)22/h9-12H,4-8,13H2,1-3H3,(H4,21,22,25)/b24-15+. The van der Waals surface area contributed by atoms with Crippen LogP contribution in [0.1, 0.15) is 56.5 Å². The lowest BCUT2D eigenvalue weighted by Gasteiger charge is -2.06. The molecule has 0 aliphatic carbocycles. The first-order chi connectivity index (χ1) is 13.0.